The minimum atomic E-state index is 0.302. The molecule has 0 amide bonds. The summed E-state index contributed by atoms with van der Waals surface area (Å²) >= 11 is 0. The summed E-state index contributed by atoms with van der Waals surface area (Å²) in [7, 11) is 3.50. The molecule has 0 radical (unpaired) electrons. The molecule has 3 N–H and O–H groups in total. The molecule has 94 valence electrons. The summed E-state index contributed by atoms with van der Waals surface area (Å²) in [5.41, 5.74) is 5.69. The first-order valence-electron chi connectivity index (χ1n) is 5.46. The molecule has 5 nitrogen and oxygen atoms in total. The van der Waals surface area contributed by atoms with Crippen molar-refractivity contribution in [1.29, 1.82) is 0 Å². The Kier molecular flexibility index (Phi) is 5.88. The summed E-state index contributed by atoms with van der Waals surface area (Å²) in [6.07, 6.45) is 0. The van der Waals surface area contributed by atoms with Gasteiger partial charge in [0, 0.05) is 6.54 Å². The van der Waals surface area contributed by atoms with Crippen molar-refractivity contribution in [3.05, 3.63) is 24.3 Å². The maximum atomic E-state index is 5.69. The van der Waals surface area contributed by atoms with Crippen LogP contribution in [0.3, 0.4) is 0 Å². The average molecular weight is 237 g/mol. The number of amidine groups is 1. The van der Waals surface area contributed by atoms with Crippen LogP contribution in [0.25, 0.3) is 0 Å². The molecule has 0 atom stereocenters. The third-order valence-corrected chi connectivity index (χ3v) is 2.12. The summed E-state index contributed by atoms with van der Waals surface area (Å²) in [5, 5.41) is 2.99. The van der Waals surface area contributed by atoms with Crippen molar-refractivity contribution in [3.63, 3.8) is 0 Å². The molecule has 0 aliphatic heterocycles. The number of aliphatic imine (C=N–C) groups is 1. The number of nitrogens with zero attached hydrogens (tertiary/aromatic N) is 1. The Morgan fingerprint density at radius 3 is 2.53 bits per heavy atom. The quantitative estimate of drug-likeness (QED) is 0.415. The summed E-state index contributed by atoms with van der Waals surface area (Å²) in [5.74, 6) is 2.04. The van der Waals surface area contributed by atoms with Gasteiger partial charge in [0.25, 0.3) is 0 Å². The van der Waals surface area contributed by atoms with Gasteiger partial charge >= 0.3 is 0 Å². The SMILES string of the molecule is CNCCN=C(N)COc1ccc(OC)cc1. The lowest BCUT2D eigenvalue weighted by atomic mass is 10.3. The highest BCUT2D eigenvalue weighted by molar-refractivity contribution is 5.81. The van der Waals surface area contributed by atoms with Gasteiger partial charge in [-0.15, -0.1) is 0 Å². The topological polar surface area (TPSA) is 68.9 Å². The third kappa shape index (κ3) is 5.21. The van der Waals surface area contributed by atoms with Gasteiger partial charge in [-0.05, 0) is 31.3 Å². The zero-order chi connectivity index (χ0) is 12.5. The molecule has 0 fully saturated rings. The Morgan fingerprint density at radius 2 is 1.94 bits per heavy atom. The highest BCUT2D eigenvalue weighted by Crippen LogP contribution is 2.16. The number of rotatable bonds is 7. The molecular formula is C12H19N3O2. The molecule has 0 saturated carbocycles. The first kappa shape index (κ1) is 13.3. The van der Waals surface area contributed by atoms with E-state index in [1.165, 1.54) is 0 Å². The van der Waals surface area contributed by atoms with E-state index in [0.29, 0.717) is 19.0 Å². The maximum Gasteiger partial charge on any atom is 0.145 e. The monoisotopic (exact) mass is 237 g/mol. The second-order valence-electron chi connectivity index (χ2n) is 3.44. The number of ether oxygens (including phenoxy) is 2. The Hall–Kier alpha value is -1.75. The molecule has 0 aliphatic carbocycles. The molecule has 0 saturated heterocycles. The molecule has 1 rings (SSSR count). The molecule has 0 heterocycles. The van der Waals surface area contributed by atoms with E-state index in [9.17, 15) is 0 Å². The van der Waals surface area contributed by atoms with Crippen LogP contribution in [-0.4, -0.2) is 39.7 Å². The van der Waals surface area contributed by atoms with E-state index in [1.54, 1.807) is 7.11 Å². The fourth-order valence-corrected chi connectivity index (χ4v) is 1.19. The van der Waals surface area contributed by atoms with Gasteiger partial charge < -0.3 is 20.5 Å². The normalized spacial score (nSPS) is 11.3. The lowest BCUT2D eigenvalue weighted by Gasteiger charge is -2.06. The minimum absolute atomic E-state index is 0.302. The fourth-order valence-electron chi connectivity index (χ4n) is 1.19. The largest absolute Gasteiger partial charge is 0.497 e. The smallest absolute Gasteiger partial charge is 0.145 e. The van der Waals surface area contributed by atoms with Crippen LogP contribution in [0.15, 0.2) is 29.3 Å². The second kappa shape index (κ2) is 7.51. The van der Waals surface area contributed by atoms with E-state index in [2.05, 4.69) is 10.3 Å². The van der Waals surface area contributed by atoms with E-state index in [0.717, 1.165) is 18.0 Å². The van der Waals surface area contributed by atoms with Gasteiger partial charge in [-0.1, -0.05) is 0 Å². The summed E-state index contributed by atoms with van der Waals surface area (Å²) in [6.45, 7) is 1.77. The maximum absolute atomic E-state index is 5.69. The molecule has 0 aromatic heterocycles. The number of nitrogens with one attached hydrogen (secondary N) is 1. The van der Waals surface area contributed by atoms with Crippen molar-refractivity contribution >= 4 is 5.84 Å². The first-order valence-corrected chi connectivity index (χ1v) is 5.46. The van der Waals surface area contributed by atoms with Crippen LogP contribution < -0.4 is 20.5 Å². The van der Waals surface area contributed by atoms with Gasteiger partial charge in [0.2, 0.25) is 0 Å². The standard InChI is InChI=1S/C12H19N3O2/c1-14-7-8-15-12(13)9-17-11-5-3-10(16-2)4-6-11/h3-6,14H,7-9H2,1-2H3,(H2,13,15). The summed E-state index contributed by atoms with van der Waals surface area (Å²) in [6, 6.07) is 7.34. The van der Waals surface area contributed by atoms with Gasteiger partial charge in [0.1, 0.15) is 23.9 Å². The van der Waals surface area contributed by atoms with Crippen LogP contribution in [0, 0.1) is 0 Å². The van der Waals surface area contributed by atoms with Crippen LogP contribution in [-0.2, 0) is 0 Å². The van der Waals surface area contributed by atoms with Gasteiger partial charge in [-0.3, -0.25) is 4.99 Å². The minimum Gasteiger partial charge on any atom is -0.497 e. The number of nitrogens with two attached hydrogens (primary N) is 1. The van der Waals surface area contributed by atoms with Crippen LogP contribution in [0.5, 0.6) is 11.5 Å². The summed E-state index contributed by atoms with van der Waals surface area (Å²) < 4.78 is 10.5. The number of likely N-dealkylation sites (N-methyl/N-ethyl adjacent to an activating group) is 1. The number of hydrogen-bond acceptors (Lipinski definition) is 4. The van der Waals surface area contributed by atoms with E-state index in [4.69, 9.17) is 15.2 Å². The molecule has 0 aliphatic rings. The molecule has 17 heavy (non-hydrogen) atoms. The zero-order valence-corrected chi connectivity index (χ0v) is 10.3. The van der Waals surface area contributed by atoms with Crippen molar-refractivity contribution in [1.82, 2.24) is 5.32 Å². The van der Waals surface area contributed by atoms with Crippen LogP contribution in [0.1, 0.15) is 0 Å². The van der Waals surface area contributed by atoms with Gasteiger partial charge in [-0.25, -0.2) is 0 Å². The Labute approximate surface area is 102 Å². The molecule has 5 heteroatoms. The van der Waals surface area contributed by atoms with E-state index < -0.39 is 0 Å². The number of hydrogen-bond donors (Lipinski definition) is 2. The van der Waals surface area contributed by atoms with Crippen molar-refractivity contribution in [2.45, 2.75) is 0 Å². The van der Waals surface area contributed by atoms with E-state index >= 15 is 0 Å². The average Bonchev–Trinajstić information content (AvgIpc) is 2.37. The molecule has 0 unspecified atom stereocenters. The third-order valence-electron chi connectivity index (χ3n) is 2.12. The first-order chi connectivity index (χ1) is 8.26. The lowest BCUT2D eigenvalue weighted by Crippen LogP contribution is -2.23. The predicted molar refractivity (Wildman–Crippen MR) is 68.9 cm³/mol. The molecule has 1 aromatic rings. The summed E-state index contributed by atoms with van der Waals surface area (Å²) in [4.78, 5) is 4.14. The van der Waals surface area contributed by atoms with Gasteiger partial charge in [0.05, 0.1) is 13.7 Å². The second-order valence-corrected chi connectivity index (χ2v) is 3.44. The number of benzene rings is 1. The highest BCUT2D eigenvalue weighted by atomic mass is 16.5. The molecule has 0 bridgehead atoms. The van der Waals surface area contributed by atoms with Crippen LogP contribution in [0.4, 0.5) is 0 Å². The van der Waals surface area contributed by atoms with E-state index in [-0.39, 0.29) is 0 Å². The predicted octanol–water partition coefficient (Wildman–Crippen LogP) is 0.651. The Balaban J connectivity index is 2.36. The lowest BCUT2D eigenvalue weighted by molar-refractivity contribution is 0.372. The van der Waals surface area contributed by atoms with Gasteiger partial charge in [0.15, 0.2) is 0 Å². The van der Waals surface area contributed by atoms with Crippen LogP contribution >= 0.6 is 0 Å². The van der Waals surface area contributed by atoms with Crippen molar-refractivity contribution in [2.75, 3.05) is 33.9 Å². The Bertz CT molecular complexity index is 349. The molecular weight excluding hydrogens is 218 g/mol. The van der Waals surface area contributed by atoms with Crippen LogP contribution in [0.2, 0.25) is 0 Å². The molecule has 0 spiro atoms. The zero-order valence-electron chi connectivity index (χ0n) is 10.3. The van der Waals surface area contributed by atoms with Crippen molar-refractivity contribution in [2.24, 2.45) is 10.7 Å². The molecule has 1 aromatic carbocycles. The van der Waals surface area contributed by atoms with E-state index in [1.807, 2.05) is 31.3 Å². The van der Waals surface area contributed by atoms with Crippen molar-refractivity contribution < 1.29 is 9.47 Å². The Morgan fingerprint density at radius 1 is 1.29 bits per heavy atom. The number of methoxy groups -OCH3 is 1. The van der Waals surface area contributed by atoms with Crippen molar-refractivity contribution in [3.8, 4) is 11.5 Å². The highest BCUT2D eigenvalue weighted by Gasteiger charge is 1.97. The van der Waals surface area contributed by atoms with Gasteiger partial charge in [-0.2, -0.15) is 0 Å². The fraction of sp³-hybridized carbons (Fsp3) is 0.417.